The second kappa shape index (κ2) is 7.17. The summed E-state index contributed by atoms with van der Waals surface area (Å²) in [7, 11) is 0. The zero-order valence-corrected chi connectivity index (χ0v) is 12.0. The maximum atomic E-state index is 11.5. The van der Waals surface area contributed by atoms with Gasteiger partial charge in [0.25, 0.3) is 0 Å². The van der Waals surface area contributed by atoms with Crippen LogP contribution in [0.1, 0.15) is 11.3 Å². The fourth-order valence-corrected chi connectivity index (χ4v) is 1.98. The minimum absolute atomic E-state index is 0.107. The number of pyridine rings is 1. The molecule has 2 rings (SSSR count). The molecule has 1 N–H and O–H groups in total. The predicted molar refractivity (Wildman–Crippen MR) is 83.8 cm³/mol. The zero-order valence-electron chi connectivity index (χ0n) is 12.0. The molecule has 2 aromatic rings. The Morgan fingerprint density at radius 1 is 1.14 bits per heavy atom. The smallest absolute Gasteiger partial charge is 0.413 e. The number of ketones is 1. The third kappa shape index (κ3) is 4.02. The molecule has 0 spiro atoms. The second-order valence-electron chi connectivity index (χ2n) is 4.69. The van der Waals surface area contributed by atoms with Crippen LogP contribution in [0.5, 0.6) is 0 Å². The predicted octanol–water partition coefficient (Wildman–Crippen LogP) is 3.06. The maximum Gasteiger partial charge on any atom is 0.413 e. The molecule has 1 heterocycles. The van der Waals surface area contributed by atoms with Crippen LogP contribution in [0.2, 0.25) is 0 Å². The lowest BCUT2D eigenvalue weighted by molar-refractivity contribution is -0.114. The van der Waals surface area contributed by atoms with Gasteiger partial charge in [0.05, 0.1) is 18.7 Å². The van der Waals surface area contributed by atoms with Gasteiger partial charge in [0.2, 0.25) is 0 Å². The first-order valence-corrected chi connectivity index (χ1v) is 6.75. The number of anilines is 1. The summed E-state index contributed by atoms with van der Waals surface area (Å²) < 4.78 is 0. The van der Waals surface area contributed by atoms with Gasteiger partial charge in [-0.15, -0.1) is 0 Å². The largest absolute Gasteiger partial charge is 0.465 e. The first-order valence-electron chi connectivity index (χ1n) is 6.75. The molecule has 0 aliphatic carbocycles. The highest BCUT2D eigenvalue weighted by Crippen LogP contribution is 2.16. The van der Waals surface area contributed by atoms with Crippen LogP contribution in [0, 0.1) is 0 Å². The Kier molecular flexibility index (Phi) is 5.03. The van der Waals surface area contributed by atoms with Crippen LogP contribution in [0.15, 0.2) is 61.2 Å². The van der Waals surface area contributed by atoms with Crippen molar-refractivity contribution in [1.82, 2.24) is 4.98 Å². The fraction of sp³-hybridized carbons (Fsp3) is 0.118. The van der Waals surface area contributed by atoms with Crippen molar-refractivity contribution in [1.29, 1.82) is 0 Å². The molecule has 1 aromatic carbocycles. The molecular weight excluding hydrogens is 280 g/mol. The lowest BCUT2D eigenvalue weighted by atomic mass is 10.2. The van der Waals surface area contributed by atoms with Crippen LogP contribution in [-0.4, -0.2) is 22.0 Å². The summed E-state index contributed by atoms with van der Waals surface area (Å²) in [4.78, 5) is 28.3. The van der Waals surface area contributed by atoms with Crippen molar-refractivity contribution in [3.63, 3.8) is 0 Å². The van der Waals surface area contributed by atoms with Crippen molar-refractivity contribution < 1.29 is 14.7 Å². The minimum Gasteiger partial charge on any atom is -0.465 e. The van der Waals surface area contributed by atoms with Gasteiger partial charge in [-0.2, -0.15) is 0 Å². The zero-order chi connectivity index (χ0) is 15.9. The van der Waals surface area contributed by atoms with Gasteiger partial charge in [-0.25, -0.2) is 9.78 Å². The highest BCUT2D eigenvalue weighted by molar-refractivity contribution is 5.90. The Morgan fingerprint density at radius 3 is 2.50 bits per heavy atom. The van der Waals surface area contributed by atoms with E-state index in [-0.39, 0.29) is 18.7 Å². The number of allylic oxidation sites excluding steroid dienone is 1. The highest BCUT2D eigenvalue weighted by atomic mass is 16.4. The number of benzene rings is 1. The van der Waals surface area contributed by atoms with E-state index in [9.17, 15) is 14.7 Å². The van der Waals surface area contributed by atoms with E-state index in [1.54, 1.807) is 18.2 Å². The van der Waals surface area contributed by atoms with Crippen LogP contribution in [-0.2, 0) is 17.8 Å². The monoisotopic (exact) mass is 296 g/mol. The van der Waals surface area contributed by atoms with Crippen LogP contribution < -0.4 is 4.90 Å². The molecule has 0 saturated carbocycles. The molecule has 0 aliphatic heterocycles. The van der Waals surface area contributed by atoms with E-state index in [2.05, 4.69) is 11.6 Å². The maximum absolute atomic E-state index is 11.5. The third-order valence-electron chi connectivity index (χ3n) is 3.07. The molecule has 1 amide bonds. The van der Waals surface area contributed by atoms with Gasteiger partial charge in [0, 0.05) is 0 Å². The molecule has 22 heavy (non-hydrogen) atoms. The number of amides is 1. The number of aromatic nitrogens is 1. The average Bonchev–Trinajstić information content (AvgIpc) is 2.53. The quantitative estimate of drug-likeness (QED) is 0.832. The first kappa shape index (κ1) is 15.4. The van der Waals surface area contributed by atoms with Crippen LogP contribution in [0.3, 0.4) is 0 Å². The molecule has 0 radical (unpaired) electrons. The number of nitrogens with zero attached hydrogens (tertiary/aromatic N) is 2. The van der Waals surface area contributed by atoms with E-state index in [4.69, 9.17) is 0 Å². The van der Waals surface area contributed by atoms with Crippen molar-refractivity contribution in [3.05, 3.63) is 72.4 Å². The number of hydrogen-bond donors (Lipinski definition) is 1. The molecule has 0 unspecified atom stereocenters. The molecule has 1 aromatic heterocycles. The fourth-order valence-electron chi connectivity index (χ4n) is 1.98. The summed E-state index contributed by atoms with van der Waals surface area (Å²) in [6, 6.07) is 14.3. The summed E-state index contributed by atoms with van der Waals surface area (Å²) in [6.07, 6.45) is 0.243. The van der Waals surface area contributed by atoms with Gasteiger partial charge >= 0.3 is 6.09 Å². The molecule has 5 nitrogen and oxygen atoms in total. The van der Waals surface area contributed by atoms with E-state index in [1.807, 2.05) is 30.3 Å². The molecule has 0 bridgehead atoms. The van der Waals surface area contributed by atoms with Crippen molar-refractivity contribution in [2.45, 2.75) is 13.0 Å². The van der Waals surface area contributed by atoms with Gasteiger partial charge < -0.3 is 5.11 Å². The Bertz CT molecular complexity index is 683. The number of carboxylic acid groups (broad SMARTS) is 1. The normalized spacial score (nSPS) is 10.0. The lowest BCUT2D eigenvalue weighted by Gasteiger charge is -2.18. The van der Waals surface area contributed by atoms with Gasteiger partial charge in [-0.05, 0) is 23.8 Å². The van der Waals surface area contributed by atoms with E-state index in [0.29, 0.717) is 11.5 Å². The average molecular weight is 296 g/mol. The van der Waals surface area contributed by atoms with Crippen molar-refractivity contribution in [3.8, 4) is 0 Å². The summed E-state index contributed by atoms with van der Waals surface area (Å²) in [6.45, 7) is 3.61. The summed E-state index contributed by atoms with van der Waals surface area (Å²) in [5.74, 6) is 0.139. The summed E-state index contributed by atoms with van der Waals surface area (Å²) >= 11 is 0. The molecule has 0 fully saturated rings. The Balaban J connectivity index is 2.25. The molecule has 112 valence electrons. The Hall–Kier alpha value is -2.95. The van der Waals surface area contributed by atoms with E-state index >= 15 is 0 Å². The van der Waals surface area contributed by atoms with Crippen LogP contribution >= 0.6 is 0 Å². The van der Waals surface area contributed by atoms with Gasteiger partial charge in [0.1, 0.15) is 5.82 Å². The second-order valence-corrected chi connectivity index (χ2v) is 4.69. The molecular formula is C17H16N2O3. The van der Waals surface area contributed by atoms with Crippen LogP contribution in [0.25, 0.3) is 0 Å². The minimum atomic E-state index is -1.09. The van der Waals surface area contributed by atoms with E-state index < -0.39 is 6.09 Å². The van der Waals surface area contributed by atoms with E-state index in [0.717, 1.165) is 10.5 Å². The standard InChI is InChI=1S/C17H16N2O3/c1-2-15(20)11-14-9-6-10-16(18-14)19(17(21)22)12-13-7-4-3-5-8-13/h2-10H,1,11-12H2,(H,21,22). The van der Waals surface area contributed by atoms with Crippen LogP contribution in [0.4, 0.5) is 10.6 Å². The number of carbonyl (C=O) groups excluding carboxylic acids is 1. The van der Waals surface area contributed by atoms with E-state index in [1.165, 1.54) is 6.08 Å². The third-order valence-corrected chi connectivity index (χ3v) is 3.07. The molecule has 0 aliphatic rings. The van der Waals surface area contributed by atoms with Gasteiger partial charge in [-0.3, -0.25) is 9.69 Å². The van der Waals surface area contributed by atoms with Crippen molar-refractivity contribution in [2.24, 2.45) is 0 Å². The lowest BCUT2D eigenvalue weighted by Crippen LogP contribution is -2.29. The van der Waals surface area contributed by atoms with Gasteiger partial charge in [0.15, 0.2) is 5.78 Å². The molecule has 0 atom stereocenters. The van der Waals surface area contributed by atoms with Crippen molar-refractivity contribution in [2.75, 3.05) is 4.90 Å². The molecule has 5 heteroatoms. The van der Waals surface area contributed by atoms with Crippen molar-refractivity contribution >= 4 is 17.7 Å². The van der Waals surface area contributed by atoms with Gasteiger partial charge in [-0.1, -0.05) is 43.0 Å². The SMILES string of the molecule is C=CC(=O)Cc1cccc(N(Cc2ccccc2)C(=O)O)n1. The Morgan fingerprint density at radius 2 is 1.86 bits per heavy atom. The first-order chi connectivity index (χ1) is 10.6. The number of rotatable bonds is 6. The summed E-state index contributed by atoms with van der Waals surface area (Å²) in [5.41, 5.74) is 1.38. The molecule has 0 saturated heterocycles. The topological polar surface area (TPSA) is 70.5 Å². The Labute approximate surface area is 128 Å². The highest BCUT2D eigenvalue weighted by Gasteiger charge is 2.16. The summed E-state index contributed by atoms with van der Waals surface area (Å²) in [5, 5.41) is 9.41. The number of carbonyl (C=O) groups is 2. The number of hydrogen-bond acceptors (Lipinski definition) is 3.